The highest BCUT2D eigenvalue weighted by molar-refractivity contribution is 5.89. The van der Waals surface area contributed by atoms with Gasteiger partial charge in [0.15, 0.2) is 34.5 Å². The number of halogens is 1. The molecule has 0 unspecified atom stereocenters. The summed E-state index contributed by atoms with van der Waals surface area (Å²) in [6.45, 7) is 4.04. The first-order chi connectivity index (χ1) is 18.7. The Hall–Kier alpha value is -4.38. The summed E-state index contributed by atoms with van der Waals surface area (Å²) in [5.74, 6) is -0.837. The number of imidazole rings is 1. The molecule has 0 saturated carbocycles. The Balaban J connectivity index is 1.43. The molecule has 39 heavy (non-hydrogen) atoms. The molecular weight excluding hydrogens is 505 g/mol. The largest absolute Gasteiger partial charge is 0.459 e. The van der Waals surface area contributed by atoms with Crippen molar-refractivity contribution in [3.63, 3.8) is 0 Å². The first-order valence-corrected chi connectivity index (χ1v) is 12.4. The Morgan fingerprint density at radius 1 is 1.05 bits per heavy atom. The van der Waals surface area contributed by atoms with E-state index in [-0.39, 0.29) is 6.61 Å². The highest BCUT2D eigenvalue weighted by atomic mass is 19.1. The van der Waals surface area contributed by atoms with Crippen molar-refractivity contribution in [1.29, 1.82) is 0 Å². The number of hydrogen-bond acceptors (Lipinski definition) is 9. The second kappa shape index (κ2) is 10.4. The third-order valence-electron chi connectivity index (χ3n) is 6.99. The van der Waals surface area contributed by atoms with Gasteiger partial charge in [0.2, 0.25) is 0 Å². The van der Waals surface area contributed by atoms with Gasteiger partial charge in [-0.25, -0.2) is 24.1 Å². The zero-order chi connectivity index (χ0) is 27.6. The van der Waals surface area contributed by atoms with Crippen LogP contribution in [0.25, 0.3) is 11.2 Å². The maximum Gasteiger partial charge on any atom is 0.338 e. The molecule has 202 valence electrons. The molecule has 0 amide bonds. The van der Waals surface area contributed by atoms with Gasteiger partial charge in [-0.3, -0.25) is 9.36 Å². The van der Waals surface area contributed by atoms with Crippen LogP contribution in [-0.2, 0) is 25.5 Å². The molecule has 1 aliphatic rings. The molecule has 1 aliphatic heterocycles. The highest BCUT2D eigenvalue weighted by Crippen LogP contribution is 2.51. The Morgan fingerprint density at radius 2 is 1.74 bits per heavy atom. The lowest BCUT2D eigenvalue weighted by Crippen LogP contribution is -2.55. The van der Waals surface area contributed by atoms with Crippen molar-refractivity contribution in [2.24, 2.45) is 0 Å². The second-order valence-electron chi connectivity index (χ2n) is 9.60. The van der Waals surface area contributed by atoms with E-state index in [1.54, 1.807) is 30.3 Å². The Morgan fingerprint density at radius 3 is 2.44 bits per heavy atom. The molecule has 1 saturated heterocycles. The van der Waals surface area contributed by atoms with Crippen LogP contribution in [0.2, 0.25) is 0 Å². The SMILES string of the molecule is CC(=O)O[C@@]1(C)[C@@H](COC(=O)c2ccccc2)O[C@H](n2cnc3c(NCc4ccccc4)ncnc32)[C@]1(C)F. The number of anilines is 1. The van der Waals surface area contributed by atoms with Gasteiger partial charge in [-0.1, -0.05) is 48.5 Å². The van der Waals surface area contributed by atoms with Gasteiger partial charge in [-0.15, -0.1) is 0 Å². The molecule has 4 atom stereocenters. The van der Waals surface area contributed by atoms with Crippen LogP contribution in [0.5, 0.6) is 0 Å². The average molecular weight is 534 g/mol. The fourth-order valence-corrected chi connectivity index (χ4v) is 4.71. The monoisotopic (exact) mass is 533 g/mol. The Bertz CT molecular complexity index is 1480. The van der Waals surface area contributed by atoms with Gasteiger partial charge in [0.05, 0.1) is 11.9 Å². The lowest BCUT2D eigenvalue weighted by Gasteiger charge is -2.36. The van der Waals surface area contributed by atoms with Crippen LogP contribution in [0, 0.1) is 0 Å². The van der Waals surface area contributed by atoms with Crippen molar-refractivity contribution in [3.05, 3.63) is 84.4 Å². The normalized spacial score (nSPS) is 24.4. The van der Waals surface area contributed by atoms with Gasteiger partial charge in [0, 0.05) is 13.5 Å². The summed E-state index contributed by atoms with van der Waals surface area (Å²) in [6, 6.07) is 18.2. The number of aromatic nitrogens is 4. The molecule has 2 aromatic carbocycles. The van der Waals surface area contributed by atoms with E-state index in [1.807, 2.05) is 30.3 Å². The molecule has 0 radical (unpaired) electrons. The topological polar surface area (TPSA) is 117 Å². The van der Waals surface area contributed by atoms with E-state index in [4.69, 9.17) is 14.2 Å². The number of ether oxygens (including phenoxy) is 3. The molecule has 0 aliphatic carbocycles. The predicted molar refractivity (Wildman–Crippen MR) is 139 cm³/mol. The van der Waals surface area contributed by atoms with Crippen molar-refractivity contribution in [1.82, 2.24) is 19.5 Å². The molecule has 0 bridgehead atoms. The number of fused-ring (bicyclic) bond motifs is 1. The summed E-state index contributed by atoms with van der Waals surface area (Å²) >= 11 is 0. The molecular formula is C28H28FN5O5. The van der Waals surface area contributed by atoms with Crippen LogP contribution in [0.15, 0.2) is 73.3 Å². The summed E-state index contributed by atoms with van der Waals surface area (Å²) in [7, 11) is 0. The summed E-state index contributed by atoms with van der Waals surface area (Å²) < 4.78 is 35.2. The molecule has 2 aromatic heterocycles. The predicted octanol–water partition coefficient (Wildman–Crippen LogP) is 4.24. The molecule has 5 rings (SSSR count). The molecule has 1 fully saturated rings. The third kappa shape index (κ3) is 4.92. The molecule has 0 spiro atoms. The van der Waals surface area contributed by atoms with Crippen LogP contribution in [0.1, 0.15) is 42.9 Å². The fourth-order valence-electron chi connectivity index (χ4n) is 4.71. The van der Waals surface area contributed by atoms with Gasteiger partial charge < -0.3 is 19.5 Å². The number of hydrogen-bond donors (Lipinski definition) is 1. The van der Waals surface area contributed by atoms with Crippen molar-refractivity contribution < 1.29 is 28.2 Å². The average Bonchev–Trinajstić information content (AvgIpc) is 3.43. The number of nitrogens with one attached hydrogen (secondary N) is 1. The first kappa shape index (κ1) is 26.2. The molecule has 10 nitrogen and oxygen atoms in total. The first-order valence-electron chi connectivity index (χ1n) is 12.4. The van der Waals surface area contributed by atoms with Crippen LogP contribution in [0.3, 0.4) is 0 Å². The fraction of sp³-hybridized carbons (Fsp3) is 0.321. The van der Waals surface area contributed by atoms with Crippen LogP contribution >= 0.6 is 0 Å². The van der Waals surface area contributed by atoms with Crippen LogP contribution < -0.4 is 5.32 Å². The minimum absolute atomic E-state index is 0.321. The minimum atomic E-state index is -2.27. The van der Waals surface area contributed by atoms with Crippen LogP contribution in [-0.4, -0.2) is 55.4 Å². The van der Waals surface area contributed by atoms with Crippen LogP contribution in [0.4, 0.5) is 10.2 Å². The summed E-state index contributed by atoms with van der Waals surface area (Å²) in [5.41, 5.74) is -1.94. The molecule has 3 heterocycles. The van der Waals surface area contributed by atoms with E-state index in [1.165, 1.54) is 38.0 Å². The quantitative estimate of drug-likeness (QED) is 0.332. The number of alkyl halides is 1. The van der Waals surface area contributed by atoms with Crippen molar-refractivity contribution >= 4 is 28.9 Å². The molecule has 4 aromatic rings. The van der Waals surface area contributed by atoms with Crippen molar-refractivity contribution in [3.8, 4) is 0 Å². The number of carbonyl (C=O) groups excluding carboxylic acids is 2. The standard InChI is InChI=1S/C28H28FN5O5/c1-18(35)39-28(3)21(15-37-25(36)20-12-8-5-9-13-20)38-26(27(28,2)29)34-17-33-22-23(31-16-32-24(22)34)30-14-19-10-6-4-7-11-19/h4-13,16-17,21,26H,14-15H2,1-3H3,(H,30,31,32)/t21-,26+,27+,28+/m1/s1. The lowest BCUT2D eigenvalue weighted by molar-refractivity contribution is -0.175. The van der Waals surface area contributed by atoms with E-state index in [9.17, 15) is 9.59 Å². The smallest absolute Gasteiger partial charge is 0.338 e. The van der Waals surface area contributed by atoms with Gasteiger partial charge in [-0.05, 0) is 31.5 Å². The summed E-state index contributed by atoms with van der Waals surface area (Å²) in [4.78, 5) is 37.6. The van der Waals surface area contributed by atoms with E-state index >= 15 is 4.39 Å². The van der Waals surface area contributed by atoms with Gasteiger partial charge in [0.25, 0.3) is 0 Å². The number of benzene rings is 2. The summed E-state index contributed by atoms with van der Waals surface area (Å²) in [5, 5.41) is 3.24. The second-order valence-corrected chi connectivity index (χ2v) is 9.60. The zero-order valence-corrected chi connectivity index (χ0v) is 21.7. The lowest BCUT2D eigenvalue weighted by atomic mass is 9.84. The highest BCUT2D eigenvalue weighted by Gasteiger charge is 2.66. The maximum atomic E-state index is 16.7. The number of esters is 2. The Kier molecular flexibility index (Phi) is 7.00. The van der Waals surface area contributed by atoms with Gasteiger partial charge >= 0.3 is 11.9 Å². The zero-order valence-electron chi connectivity index (χ0n) is 21.7. The molecule has 1 N–H and O–H groups in total. The van der Waals surface area contributed by atoms with E-state index < -0.39 is 35.5 Å². The van der Waals surface area contributed by atoms with Crippen molar-refractivity contribution in [2.45, 2.75) is 50.9 Å². The third-order valence-corrected chi connectivity index (χ3v) is 6.99. The molecule has 11 heteroatoms. The van der Waals surface area contributed by atoms with Gasteiger partial charge in [0.1, 0.15) is 19.0 Å². The number of rotatable bonds is 8. The number of carbonyl (C=O) groups is 2. The van der Waals surface area contributed by atoms with E-state index in [2.05, 4.69) is 20.3 Å². The van der Waals surface area contributed by atoms with E-state index in [0.29, 0.717) is 29.1 Å². The van der Waals surface area contributed by atoms with Crippen molar-refractivity contribution in [2.75, 3.05) is 11.9 Å². The number of nitrogens with zero attached hydrogens (tertiary/aromatic N) is 4. The minimum Gasteiger partial charge on any atom is -0.459 e. The maximum absolute atomic E-state index is 16.7. The Labute approximate surface area is 224 Å². The summed E-state index contributed by atoms with van der Waals surface area (Å²) in [6.07, 6.45) is 0.332. The van der Waals surface area contributed by atoms with Gasteiger partial charge in [-0.2, -0.15) is 0 Å². The van der Waals surface area contributed by atoms with E-state index in [0.717, 1.165) is 5.56 Å².